The predicted molar refractivity (Wildman–Crippen MR) is 75.0 cm³/mol. The highest BCUT2D eigenvalue weighted by atomic mass is 79.9. The van der Waals surface area contributed by atoms with Crippen molar-refractivity contribution < 1.29 is 14.7 Å². The third-order valence-corrected chi connectivity index (χ3v) is 4.06. The largest absolute Gasteiger partial charge is 0.480 e. The van der Waals surface area contributed by atoms with E-state index in [9.17, 15) is 9.59 Å². The van der Waals surface area contributed by atoms with Crippen LogP contribution in [0.5, 0.6) is 0 Å². The van der Waals surface area contributed by atoms with E-state index in [-0.39, 0.29) is 24.9 Å². The van der Waals surface area contributed by atoms with E-state index in [1.165, 1.54) is 4.90 Å². The van der Waals surface area contributed by atoms with Gasteiger partial charge < -0.3 is 10.0 Å². The van der Waals surface area contributed by atoms with E-state index in [1.807, 2.05) is 25.1 Å². The van der Waals surface area contributed by atoms with Gasteiger partial charge in [-0.25, -0.2) is 0 Å². The number of nitrogens with zero attached hydrogens (tertiary/aromatic N) is 1. The van der Waals surface area contributed by atoms with Crippen molar-refractivity contribution in [2.75, 3.05) is 6.54 Å². The van der Waals surface area contributed by atoms with E-state index in [4.69, 9.17) is 5.11 Å². The normalized spacial score (nSPS) is 14.2. The molecule has 1 aromatic carbocycles. The lowest BCUT2D eigenvalue weighted by Crippen LogP contribution is -2.38. The first kappa shape index (κ1) is 14.1. The number of carboxylic acids is 1. The van der Waals surface area contributed by atoms with E-state index in [0.717, 1.165) is 28.4 Å². The number of halogens is 1. The van der Waals surface area contributed by atoms with Crippen LogP contribution in [0.2, 0.25) is 0 Å². The third kappa shape index (κ3) is 3.80. The van der Waals surface area contributed by atoms with Crippen LogP contribution in [0, 0.1) is 6.92 Å². The number of hydrogen-bond donors (Lipinski definition) is 1. The minimum atomic E-state index is -0.953. The van der Waals surface area contributed by atoms with Crippen molar-refractivity contribution in [2.24, 2.45) is 0 Å². The Labute approximate surface area is 120 Å². The Hall–Kier alpha value is -1.36. The van der Waals surface area contributed by atoms with Crippen LogP contribution in [-0.2, 0) is 16.0 Å². The molecule has 1 saturated carbocycles. The Balaban J connectivity index is 2.05. The van der Waals surface area contributed by atoms with Crippen molar-refractivity contribution in [2.45, 2.75) is 32.2 Å². The SMILES string of the molecule is Cc1ccc(CC(=O)N(CC(=O)O)C2CC2)cc1Br. The van der Waals surface area contributed by atoms with Gasteiger partial charge in [-0.2, -0.15) is 0 Å². The Morgan fingerprint density at radius 3 is 2.63 bits per heavy atom. The van der Waals surface area contributed by atoms with Crippen LogP contribution in [0.25, 0.3) is 0 Å². The monoisotopic (exact) mass is 325 g/mol. The summed E-state index contributed by atoms with van der Waals surface area (Å²) in [7, 11) is 0. The number of hydrogen-bond acceptors (Lipinski definition) is 2. The number of aryl methyl sites for hydroxylation is 1. The molecule has 0 aliphatic heterocycles. The summed E-state index contributed by atoms with van der Waals surface area (Å²) in [5.74, 6) is -1.06. The average Bonchev–Trinajstić information content (AvgIpc) is 3.14. The van der Waals surface area contributed by atoms with E-state index in [0.29, 0.717) is 0 Å². The lowest BCUT2D eigenvalue weighted by molar-refractivity contribution is -0.144. The molecule has 19 heavy (non-hydrogen) atoms. The van der Waals surface area contributed by atoms with E-state index in [1.54, 1.807) is 0 Å². The highest BCUT2D eigenvalue weighted by Gasteiger charge is 2.33. The van der Waals surface area contributed by atoms with Gasteiger partial charge in [-0.15, -0.1) is 0 Å². The van der Waals surface area contributed by atoms with Crippen molar-refractivity contribution in [1.29, 1.82) is 0 Å². The van der Waals surface area contributed by atoms with Gasteiger partial charge in [-0.3, -0.25) is 9.59 Å². The van der Waals surface area contributed by atoms with Crippen LogP contribution >= 0.6 is 15.9 Å². The molecule has 1 aromatic rings. The molecule has 0 aromatic heterocycles. The van der Waals surface area contributed by atoms with E-state index >= 15 is 0 Å². The first-order valence-electron chi connectivity index (χ1n) is 6.23. The summed E-state index contributed by atoms with van der Waals surface area (Å²) in [4.78, 5) is 24.5. The fraction of sp³-hybridized carbons (Fsp3) is 0.429. The van der Waals surface area contributed by atoms with Crippen LogP contribution in [0.1, 0.15) is 24.0 Å². The summed E-state index contributed by atoms with van der Waals surface area (Å²) in [5.41, 5.74) is 2.01. The first-order valence-corrected chi connectivity index (χ1v) is 7.03. The van der Waals surface area contributed by atoms with Gasteiger partial charge in [0.2, 0.25) is 5.91 Å². The number of benzene rings is 1. The fourth-order valence-corrected chi connectivity index (χ4v) is 2.40. The molecule has 5 heteroatoms. The maximum Gasteiger partial charge on any atom is 0.323 e. The molecule has 1 aliphatic rings. The molecule has 0 spiro atoms. The maximum atomic E-state index is 12.2. The summed E-state index contributed by atoms with van der Waals surface area (Å²) in [6, 6.07) is 5.89. The van der Waals surface area contributed by atoms with Crippen molar-refractivity contribution >= 4 is 27.8 Å². The number of aliphatic carboxylic acids is 1. The number of carbonyl (C=O) groups excluding carboxylic acids is 1. The van der Waals surface area contributed by atoms with Crippen LogP contribution in [0.4, 0.5) is 0 Å². The smallest absolute Gasteiger partial charge is 0.323 e. The quantitative estimate of drug-likeness (QED) is 0.904. The number of rotatable bonds is 5. The maximum absolute atomic E-state index is 12.2. The second-order valence-electron chi connectivity index (χ2n) is 4.91. The molecule has 0 saturated heterocycles. The minimum absolute atomic E-state index is 0.111. The first-order chi connectivity index (χ1) is 8.97. The molecule has 0 radical (unpaired) electrons. The topological polar surface area (TPSA) is 57.6 Å². The molecule has 0 atom stereocenters. The third-order valence-electron chi connectivity index (χ3n) is 3.21. The minimum Gasteiger partial charge on any atom is -0.480 e. The van der Waals surface area contributed by atoms with Gasteiger partial charge in [0, 0.05) is 10.5 Å². The standard InChI is InChI=1S/C14H16BrNO3/c1-9-2-3-10(6-12(9)15)7-13(17)16(8-14(18)19)11-4-5-11/h2-3,6,11H,4-5,7-8H2,1H3,(H,18,19). The number of carboxylic acid groups (broad SMARTS) is 1. The molecular weight excluding hydrogens is 310 g/mol. The van der Waals surface area contributed by atoms with Gasteiger partial charge >= 0.3 is 5.97 Å². The average molecular weight is 326 g/mol. The molecule has 102 valence electrons. The zero-order valence-corrected chi connectivity index (χ0v) is 12.3. The summed E-state index contributed by atoms with van der Waals surface area (Å²) < 4.78 is 0.967. The van der Waals surface area contributed by atoms with Crippen molar-refractivity contribution in [3.63, 3.8) is 0 Å². The van der Waals surface area contributed by atoms with E-state index < -0.39 is 5.97 Å². The second kappa shape index (κ2) is 5.74. The molecule has 1 aliphatic carbocycles. The molecule has 0 bridgehead atoms. The molecular formula is C14H16BrNO3. The van der Waals surface area contributed by atoms with Gasteiger partial charge in [0.15, 0.2) is 0 Å². The van der Waals surface area contributed by atoms with Gasteiger partial charge in [0.25, 0.3) is 0 Å². The Morgan fingerprint density at radius 2 is 2.11 bits per heavy atom. The molecule has 0 heterocycles. The molecule has 1 N–H and O–H groups in total. The zero-order valence-electron chi connectivity index (χ0n) is 10.7. The van der Waals surface area contributed by atoms with Crippen LogP contribution < -0.4 is 0 Å². The molecule has 0 unspecified atom stereocenters. The Kier molecular flexibility index (Phi) is 4.24. The number of carbonyl (C=O) groups is 2. The fourth-order valence-electron chi connectivity index (χ4n) is 1.98. The van der Waals surface area contributed by atoms with Gasteiger partial charge in [0.1, 0.15) is 6.54 Å². The summed E-state index contributed by atoms with van der Waals surface area (Å²) >= 11 is 3.44. The molecule has 4 nitrogen and oxygen atoms in total. The Bertz CT molecular complexity index is 511. The summed E-state index contributed by atoms with van der Waals surface area (Å²) in [6.45, 7) is 1.78. The zero-order chi connectivity index (χ0) is 14.0. The van der Waals surface area contributed by atoms with E-state index in [2.05, 4.69) is 15.9 Å². The van der Waals surface area contributed by atoms with Gasteiger partial charge in [-0.05, 0) is 37.0 Å². The molecule has 2 rings (SSSR count). The molecule has 1 fully saturated rings. The molecule has 1 amide bonds. The predicted octanol–water partition coefficient (Wildman–Crippen LogP) is 2.38. The van der Waals surface area contributed by atoms with Crippen LogP contribution in [0.15, 0.2) is 22.7 Å². The lowest BCUT2D eigenvalue weighted by Gasteiger charge is -2.20. The number of amides is 1. The second-order valence-corrected chi connectivity index (χ2v) is 5.76. The van der Waals surface area contributed by atoms with Gasteiger partial charge in [0.05, 0.1) is 6.42 Å². The Morgan fingerprint density at radius 1 is 1.42 bits per heavy atom. The van der Waals surface area contributed by atoms with Crippen molar-refractivity contribution in [1.82, 2.24) is 4.90 Å². The highest BCUT2D eigenvalue weighted by Crippen LogP contribution is 2.27. The van der Waals surface area contributed by atoms with Crippen molar-refractivity contribution in [3.8, 4) is 0 Å². The van der Waals surface area contributed by atoms with Gasteiger partial charge in [-0.1, -0.05) is 28.1 Å². The summed E-state index contributed by atoms with van der Waals surface area (Å²) in [5, 5.41) is 8.85. The lowest BCUT2D eigenvalue weighted by atomic mass is 10.1. The van der Waals surface area contributed by atoms with Crippen molar-refractivity contribution in [3.05, 3.63) is 33.8 Å². The highest BCUT2D eigenvalue weighted by molar-refractivity contribution is 9.10. The van der Waals surface area contributed by atoms with Crippen LogP contribution in [-0.4, -0.2) is 34.5 Å². The van der Waals surface area contributed by atoms with Crippen LogP contribution in [0.3, 0.4) is 0 Å². The summed E-state index contributed by atoms with van der Waals surface area (Å²) in [6.07, 6.45) is 2.08.